The molecule has 13 heteroatoms. The Hall–Kier alpha value is -3.74. The van der Waals surface area contributed by atoms with E-state index in [1.807, 2.05) is 73.9 Å². The monoisotopic (exact) mass is 680 g/mol. The van der Waals surface area contributed by atoms with Gasteiger partial charge in [0.25, 0.3) is 11.8 Å². The van der Waals surface area contributed by atoms with Crippen LogP contribution in [0.5, 0.6) is 0 Å². The topological polar surface area (TPSA) is 143 Å². The fourth-order valence-electron chi connectivity index (χ4n) is 5.77. The lowest BCUT2D eigenvalue weighted by Crippen LogP contribution is -2.46. The summed E-state index contributed by atoms with van der Waals surface area (Å²) >= 11 is 11.9. The number of aliphatic hydroxyl groups excluding tert-OH is 1. The van der Waals surface area contributed by atoms with Gasteiger partial charge < -0.3 is 30.6 Å². The second-order valence-corrected chi connectivity index (χ2v) is 13.6. The summed E-state index contributed by atoms with van der Waals surface area (Å²) in [6.07, 6.45) is 0. The number of amides is 2. The van der Waals surface area contributed by atoms with Gasteiger partial charge >= 0.3 is 0 Å². The lowest BCUT2D eigenvalue weighted by Gasteiger charge is -2.30. The third kappa shape index (κ3) is 7.71. The minimum absolute atomic E-state index is 0.115. The van der Waals surface area contributed by atoms with Crippen LogP contribution in [-0.2, 0) is 26.2 Å². The summed E-state index contributed by atoms with van der Waals surface area (Å²) in [5.74, 6) is 0.814. The molecule has 0 unspecified atom stereocenters. The number of nitrogens with zero attached hydrogens (tertiary/aromatic N) is 5. The second kappa shape index (κ2) is 14.6. The average Bonchev–Trinajstić information content (AvgIpc) is 3.63. The van der Waals surface area contributed by atoms with E-state index in [1.54, 1.807) is 0 Å². The zero-order valence-corrected chi connectivity index (χ0v) is 28.7. The Balaban J connectivity index is 0.000000198. The van der Waals surface area contributed by atoms with Crippen molar-refractivity contribution in [1.82, 2.24) is 34.6 Å². The van der Waals surface area contributed by atoms with Crippen molar-refractivity contribution in [3.63, 3.8) is 0 Å². The lowest BCUT2D eigenvalue weighted by atomic mass is 9.87. The van der Waals surface area contributed by atoms with Crippen molar-refractivity contribution in [3.8, 4) is 22.8 Å². The molecule has 2 aromatic carbocycles. The van der Waals surface area contributed by atoms with Gasteiger partial charge in [0.2, 0.25) is 0 Å². The van der Waals surface area contributed by atoms with Crippen LogP contribution in [0.2, 0.25) is 10.0 Å². The number of benzene rings is 2. The Kier molecular flexibility index (Phi) is 10.7. The Bertz CT molecular complexity index is 1730. The normalized spacial score (nSPS) is 15.2. The van der Waals surface area contributed by atoms with Gasteiger partial charge in [0.15, 0.2) is 11.4 Å². The third-order valence-electron chi connectivity index (χ3n) is 8.60. The van der Waals surface area contributed by atoms with Crippen LogP contribution in [0.3, 0.4) is 0 Å². The van der Waals surface area contributed by atoms with Crippen LogP contribution in [0.15, 0.2) is 48.5 Å². The van der Waals surface area contributed by atoms with Gasteiger partial charge in [0.05, 0.1) is 24.0 Å². The molecule has 0 saturated carbocycles. The molecule has 2 aromatic heterocycles. The van der Waals surface area contributed by atoms with Crippen LogP contribution in [0.25, 0.3) is 22.8 Å². The van der Waals surface area contributed by atoms with Crippen LogP contribution in [0.4, 0.5) is 0 Å². The van der Waals surface area contributed by atoms with Gasteiger partial charge in [-0.05, 0) is 60.5 Å². The molecule has 2 aliphatic heterocycles. The molecule has 0 radical (unpaired) electrons. The number of aromatic nitrogens is 4. The fourth-order valence-corrected chi connectivity index (χ4v) is 6.03. The minimum atomic E-state index is -0.493. The molecular formula is C34H42Cl2N8O3. The third-order valence-corrected chi connectivity index (χ3v) is 9.10. The SMILES string of the molecule is CCN1CCn2c(-c3ccc(Cl)cc3)nc(C(=O)N[C@H](CO)C(C)(C)C)c2C1.NC(=O)c1nc(-c2ccc(Cl)cc2)n2c1CNCC2. The first kappa shape index (κ1) is 34.6. The summed E-state index contributed by atoms with van der Waals surface area (Å²) < 4.78 is 4.18. The Morgan fingerprint density at radius 3 is 1.98 bits per heavy atom. The molecule has 250 valence electrons. The zero-order chi connectivity index (χ0) is 33.9. The van der Waals surface area contributed by atoms with Crippen LogP contribution in [-0.4, -0.2) is 73.2 Å². The van der Waals surface area contributed by atoms with Gasteiger partial charge in [0, 0.05) is 60.4 Å². The molecule has 2 aliphatic rings. The lowest BCUT2D eigenvalue weighted by molar-refractivity contribution is 0.0840. The summed E-state index contributed by atoms with van der Waals surface area (Å²) in [6, 6.07) is 14.6. The van der Waals surface area contributed by atoms with Gasteiger partial charge in [-0.1, -0.05) is 50.9 Å². The Labute approximate surface area is 285 Å². The van der Waals surface area contributed by atoms with E-state index in [4.69, 9.17) is 33.9 Å². The van der Waals surface area contributed by atoms with Gasteiger partial charge in [-0.2, -0.15) is 0 Å². The molecule has 2 amide bonds. The number of likely N-dealkylation sites (N-methyl/N-ethyl adjacent to an activating group) is 1. The van der Waals surface area contributed by atoms with E-state index >= 15 is 0 Å². The van der Waals surface area contributed by atoms with E-state index in [0.29, 0.717) is 34.5 Å². The summed E-state index contributed by atoms with van der Waals surface area (Å²) in [4.78, 5) is 36.0. The van der Waals surface area contributed by atoms with E-state index in [9.17, 15) is 14.7 Å². The Morgan fingerprint density at radius 2 is 1.47 bits per heavy atom. The molecule has 6 rings (SSSR count). The molecule has 4 aromatic rings. The van der Waals surface area contributed by atoms with Crippen molar-refractivity contribution >= 4 is 35.0 Å². The summed E-state index contributed by atoms with van der Waals surface area (Å²) in [6.45, 7) is 13.5. The maximum Gasteiger partial charge on any atom is 0.272 e. The number of rotatable bonds is 7. The number of halogens is 2. The van der Waals surface area contributed by atoms with E-state index in [-0.39, 0.29) is 24.0 Å². The van der Waals surface area contributed by atoms with Crippen LogP contribution >= 0.6 is 23.2 Å². The van der Waals surface area contributed by atoms with Crippen molar-refractivity contribution in [2.75, 3.05) is 26.2 Å². The van der Waals surface area contributed by atoms with Crippen molar-refractivity contribution in [3.05, 3.63) is 81.4 Å². The molecule has 4 heterocycles. The highest BCUT2D eigenvalue weighted by Gasteiger charge is 2.31. The van der Waals surface area contributed by atoms with Crippen LogP contribution in [0, 0.1) is 5.41 Å². The fraction of sp³-hybridized carbons (Fsp3) is 0.412. The molecule has 0 fully saturated rings. The maximum absolute atomic E-state index is 13.1. The summed E-state index contributed by atoms with van der Waals surface area (Å²) in [7, 11) is 0. The molecule has 47 heavy (non-hydrogen) atoms. The van der Waals surface area contributed by atoms with Gasteiger partial charge in [-0.3, -0.25) is 14.5 Å². The number of carbonyl (C=O) groups excluding carboxylic acids is 2. The first-order valence-electron chi connectivity index (χ1n) is 15.8. The molecular weight excluding hydrogens is 639 g/mol. The number of imidazole rings is 2. The molecule has 11 nitrogen and oxygen atoms in total. The summed E-state index contributed by atoms with van der Waals surface area (Å²) in [5, 5.41) is 17.3. The molecule has 0 saturated heterocycles. The number of primary amides is 1. The van der Waals surface area contributed by atoms with E-state index < -0.39 is 5.91 Å². The predicted octanol–water partition coefficient (Wildman–Crippen LogP) is 4.58. The molecule has 0 aliphatic carbocycles. The van der Waals surface area contributed by atoms with Gasteiger partial charge in [-0.25, -0.2) is 9.97 Å². The second-order valence-electron chi connectivity index (χ2n) is 12.8. The number of nitrogens with one attached hydrogen (secondary N) is 2. The largest absolute Gasteiger partial charge is 0.394 e. The number of nitrogens with two attached hydrogens (primary N) is 1. The van der Waals surface area contributed by atoms with Crippen molar-refractivity contribution in [2.45, 2.75) is 59.9 Å². The zero-order valence-electron chi connectivity index (χ0n) is 27.2. The van der Waals surface area contributed by atoms with E-state index in [1.165, 1.54) is 0 Å². The maximum atomic E-state index is 13.1. The smallest absolute Gasteiger partial charge is 0.272 e. The summed E-state index contributed by atoms with van der Waals surface area (Å²) in [5.41, 5.74) is 9.55. The number of aliphatic hydroxyl groups is 1. The molecule has 0 bridgehead atoms. The van der Waals surface area contributed by atoms with Crippen molar-refractivity contribution in [1.29, 1.82) is 0 Å². The molecule has 5 N–H and O–H groups in total. The van der Waals surface area contributed by atoms with Crippen LogP contribution in [0.1, 0.15) is 60.1 Å². The first-order valence-corrected chi connectivity index (χ1v) is 16.5. The van der Waals surface area contributed by atoms with Gasteiger partial charge in [0.1, 0.15) is 11.6 Å². The predicted molar refractivity (Wildman–Crippen MR) is 184 cm³/mol. The quantitative estimate of drug-likeness (QED) is 0.224. The van der Waals surface area contributed by atoms with E-state index in [0.717, 1.165) is 66.9 Å². The van der Waals surface area contributed by atoms with E-state index in [2.05, 4.69) is 32.0 Å². The number of hydrogen-bond acceptors (Lipinski definition) is 7. The highest BCUT2D eigenvalue weighted by atomic mass is 35.5. The highest BCUT2D eigenvalue weighted by molar-refractivity contribution is 6.30. The van der Waals surface area contributed by atoms with Gasteiger partial charge in [-0.15, -0.1) is 0 Å². The first-order chi connectivity index (χ1) is 22.4. The Morgan fingerprint density at radius 1 is 0.915 bits per heavy atom. The molecule has 1 atom stereocenters. The number of fused-ring (bicyclic) bond motifs is 2. The number of carbonyl (C=O) groups is 2. The van der Waals surface area contributed by atoms with Crippen molar-refractivity contribution < 1.29 is 14.7 Å². The number of hydrogen-bond donors (Lipinski definition) is 4. The average molecular weight is 682 g/mol. The standard InChI is InChI=1S/C21H29ClN4O2.C13H13ClN4O/c1-5-25-10-11-26-16(12-25)18(20(28)23-17(13-27)21(2,3)4)24-19(26)14-6-8-15(22)9-7-14;14-9-3-1-8(2-4-9)13-17-11(12(15)19)10-7-16-5-6-18(10)13/h6-9,17,27H,5,10-13H2,1-4H3,(H,23,28);1-4,16H,5-7H2,(H2,15,19)/t17-;/m1./s1. The molecule has 0 spiro atoms. The highest BCUT2D eigenvalue weighted by Crippen LogP contribution is 2.29. The van der Waals surface area contributed by atoms with Crippen molar-refractivity contribution in [2.24, 2.45) is 11.1 Å². The van der Waals surface area contributed by atoms with Crippen LogP contribution < -0.4 is 16.4 Å². The minimum Gasteiger partial charge on any atom is -0.394 e.